The number of aliphatic hydroxyl groups is 2. The van der Waals surface area contributed by atoms with Gasteiger partial charge in [0.05, 0.1) is 13.2 Å². The molecule has 0 radical (unpaired) electrons. The third-order valence-electron chi connectivity index (χ3n) is 0.765. The molecule has 0 bridgehead atoms. The maximum Gasteiger partial charge on any atom is 0.674 e. The first kappa shape index (κ1) is 15.4. The molecule has 0 spiro atoms. The smallest absolute Gasteiger partial charge is 0.394 e. The van der Waals surface area contributed by atoms with Crippen molar-refractivity contribution in [2.24, 2.45) is 0 Å². The minimum atomic E-state index is -3.70. The Hall–Kier alpha value is -0.0231. The van der Waals surface area contributed by atoms with Gasteiger partial charge in [-0.3, -0.25) is 0 Å². The van der Waals surface area contributed by atoms with Crippen LogP contribution in [0, 0.1) is 0 Å². The maximum atomic E-state index is 8.76. The Bertz CT molecular complexity index is 89.1. The molecule has 0 amide bonds. The van der Waals surface area contributed by atoms with Gasteiger partial charge in [-0.25, -0.2) is 0 Å². The fourth-order valence-corrected chi connectivity index (χ4v) is 1.25. The first-order valence-electron chi connectivity index (χ1n) is 3.98. The van der Waals surface area contributed by atoms with Crippen molar-refractivity contribution in [1.29, 1.82) is 0 Å². The Kier molecular flexibility index (Phi) is 12.0. The fraction of sp³-hybridized carbons (Fsp3) is 1.00. The summed E-state index contributed by atoms with van der Waals surface area (Å²) in [4.78, 5) is 17.5. The first-order valence-corrected chi connectivity index (χ1v) is 5.69. The van der Waals surface area contributed by atoms with Gasteiger partial charge in [-0.2, -0.15) is 0 Å². The molecule has 0 fully saturated rings. The lowest BCUT2D eigenvalue weighted by atomic mass is 10.8. The average molecular weight is 214 g/mol. The van der Waals surface area contributed by atoms with Crippen LogP contribution in [0.3, 0.4) is 0 Å². The molecule has 13 heavy (non-hydrogen) atoms. The van der Waals surface area contributed by atoms with E-state index in [9.17, 15) is 0 Å². The Morgan fingerprint density at radius 3 is 1.38 bits per heavy atom. The van der Waals surface area contributed by atoms with Crippen molar-refractivity contribution in [2.45, 2.75) is 13.8 Å². The van der Waals surface area contributed by atoms with Crippen LogP contribution < -0.4 is 0 Å². The van der Waals surface area contributed by atoms with Crippen LogP contribution in [0.4, 0.5) is 0 Å². The molecule has 82 valence electrons. The van der Waals surface area contributed by atoms with E-state index < -0.39 is 9.05 Å². The highest BCUT2D eigenvalue weighted by Crippen LogP contribution is 1.95. The normalized spacial score (nSPS) is 10.6. The van der Waals surface area contributed by atoms with Gasteiger partial charge in [0, 0.05) is 13.2 Å². The minimum absolute atomic E-state index is 0.125. The van der Waals surface area contributed by atoms with Gasteiger partial charge >= 0.3 is 9.05 Å². The van der Waals surface area contributed by atoms with Gasteiger partial charge in [0.25, 0.3) is 0 Å². The lowest BCUT2D eigenvalue weighted by Crippen LogP contribution is -2.42. The Labute approximate surface area is 78.8 Å². The summed E-state index contributed by atoms with van der Waals surface area (Å²) >= 11 is 0. The van der Waals surface area contributed by atoms with Crippen LogP contribution in [0.1, 0.15) is 13.8 Å². The van der Waals surface area contributed by atoms with Crippen molar-refractivity contribution in [3.63, 3.8) is 0 Å². The Balaban J connectivity index is 0. The topological polar surface area (TPSA) is 99.4 Å². The summed E-state index contributed by atoms with van der Waals surface area (Å²) in [7, 11) is -3.70. The van der Waals surface area contributed by atoms with Crippen LogP contribution in [-0.2, 0) is 8.85 Å². The second-order valence-corrected chi connectivity index (χ2v) is 3.54. The molecule has 0 aromatic carbocycles. The van der Waals surface area contributed by atoms with E-state index in [0.29, 0.717) is 0 Å². The second kappa shape index (κ2) is 10.1. The molecule has 0 aliphatic carbocycles. The van der Waals surface area contributed by atoms with E-state index in [0.717, 1.165) is 0 Å². The molecule has 0 aliphatic heterocycles. The van der Waals surface area contributed by atoms with Crippen LogP contribution in [0.2, 0.25) is 0 Å². The molecule has 0 aromatic heterocycles. The Morgan fingerprint density at radius 2 is 1.23 bits per heavy atom. The van der Waals surface area contributed by atoms with Crippen LogP contribution in [0.15, 0.2) is 0 Å². The van der Waals surface area contributed by atoms with E-state index >= 15 is 0 Å². The zero-order valence-electron chi connectivity index (χ0n) is 7.93. The molecule has 0 atom stereocenters. The summed E-state index contributed by atoms with van der Waals surface area (Å²) in [6.07, 6.45) is 0. The van der Waals surface area contributed by atoms with E-state index in [1.54, 1.807) is 13.8 Å². The summed E-state index contributed by atoms with van der Waals surface area (Å²) in [5.74, 6) is 0. The molecule has 0 saturated carbocycles. The van der Waals surface area contributed by atoms with Gasteiger partial charge in [0.15, 0.2) is 0 Å². The quantitative estimate of drug-likeness (QED) is 0.414. The average Bonchev–Trinajstić information content (AvgIpc) is 2.04. The third kappa shape index (κ3) is 14.8. The second-order valence-electron chi connectivity index (χ2n) is 1.86. The van der Waals surface area contributed by atoms with E-state index in [2.05, 4.69) is 8.85 Å². The summed E-state index contributed by atoms with van der Waals surface area (Å²) in [5, 5.41) is 15.2. The van der Waals surface area contributed by atoms with Gasteiger partial charge in [0.1, 0.15) is 0 Å². The van der Waals surface area contributed by atoms with Gasteiger partial charge in [-0.15, -0.1) is 0 Å². The predicted octanol–water partition coefficient (Wildman–Crippen LogP) is -1.55. The van der Waals surface area contributed by atoms with Crippen molar-refractivity contribution in [3.8, 4) is 0 Å². The number of aliphatic hydroxyl groups excluding tert-OH is 2. The highest BCUT2D eigenvalue weighted by atomic mass is 28.4. The van der Waals surface area contributed by atoms with Crippen molar-refractivity contribution < 1.29 is 28.7 Å². The van der Waals surface area contributed by atoms with Crippen LogP contribution in [0.5, 0.6) is 0 Å². The van der Waals surface area contributed by atoms with Gasteiger partial charge in [-0.1, -0.05) is 0 Å². The molecule has 0 aliphatic rings. The zero-order valence-corrected chi connectivity index (χ0v) is 8.93. The minimum Gasteiger partial charge on any atom is -0.394 e. The molecule has 0 saturated heterocycles. The number of hydrogen-bond donors (Lipinski definition) is 4. The third-order valence-corrected chi connectivity index (χ3v) is 2.09. The standard InChI is InChI=1S/C4H12O4Si.C2H6O2/c1-3-7-9(5,6)8-4-2;3-1-2-4/h5-6H,3-4H2,1-2H3;3-4H,1-2H2. The summed E-state index contributed by atoms with van der Waals surface area (Å²) < 4.78 is 8.99. The van der Waals surface area contributed by atoms with E-state index in [1.807, 2.05) is 0 Å². The molecule has 4 N–H and O–H groups in total. The predicted molar refractivity (Wildman–Crippen MR) is 47.6 cm³/mol. The van der Waals surface area contributed by atoms with Gasteiger partial charge in [0.2, 0.25) is 0 Å². The lowest BCUT2D eigenvalue weighted by molar-refractivity contribution is 0.0318. The monoisotopic (exact) mass is 214 g/mol. The SMILES string of the molecule is CCO[Si](O)(O)OCC.OCCO. The summed E-state index contributed by atoms with van der Waals surface area (Å²) in [6, 6.07) is 0. The largest absolute Gasteiger partial charge is 0.674 e. The highest BCUT2D eigenvalue weighted by Gasteiger charge is 2.34. The highest BCUT2D eigenvalue weighted by molar-refractivity contribution is 6.50. The molecule has 0 unspecified atom stereocenters. The molecule has 0 aromatic rings. The first-order chi connectivity index (χ1) is 6.04. The molecular weight excluding hydrogens is 196 g/mol. The van der Waals surface area contributed by atoms with E-state index in [1.165, 1.54) is 0 Å². The molecular formula is C6H18O6Si. The summed E-state index contributed by atoms with van der Waals surface area (Å²) in [6.45, 7) is 3.62. The molecule has 7 heteroatoms. The number of rotatable bonds is 5. The van der Waals surface area contributed by atoms with Crippen LogP contribution in [-0.4, -0.2) is 55.3 Å². The summed E-state index contributed by atoms with van der Waals surface area (Å²) in [5.41, 5.74) is 0. The van der Waals surface area contributed by atoms with Crippen molar-refractivity contribution in [3.05, 3.63) is 0 Å². The van der Waals surface area contributed by atoms with Crippen molar-refractivity contribution in [1.82, 2.24) is 0 Å². The van der Waals surface area contributed by atoms with E-state index in [-0.39, 0.29) is 26.4 Å². The van der Waals surface area contributed by atoms with Gasteiger partial charge in [-0.05, 0) is 13.8 Å². The van der Waals surface area contributed by atoms with Crippen molar-refractivity contribution in [2.75, 3.05) is 26.4 Å². The Morgan fingerprint density at radius 1 is 0.923 bits per heavy atom. The van der Waals surface area contributed by atoms with Gasteiger partial charge < -0.3 is 28.7 Å². The molecule has 6 nitrogen and oxygen atoms in total. The zero-order chi connectivity index (χ0) is 10.7. The number of hydrogen-bond acceptors (Lipinski definition) is 6. The lowest BCUT2D eigenvalue weighted by Gasteiger charge is -2.13. The molecule has 0 rings (SSSR count). The fourth-order valence-electron chi connectivity index (χ4n) is 0.418. The molecule has 0 heterocycles. The maximum absolute atomic E-state index is 8.76. The van der Waals surface area contributed by atoms with E-state index in [4.69, 9.17) is 19.8 Å². The van der Waals surface area contributed by atoms with Crippen LogP contribution >= 0.6 is 0 Å². The van der Waals surface area contributed by atoms with Crippen molar-refractivity contribution >= 4 is 9.05 Å². The van der Waals surface area contributed by atoms with Crippen LogP contribution in [0.25, 0.3) is 0 Å².